The molecule has 0 aromatic heterocycles. The maximum atomic E-state index is 11.3. The number of hydrogen-bond donors (Lipinski definition) is 2. The zero-order valence-corrected chi connectivity index (χ0v) is 9.11. The molecular weight excluding hydrogens is 208 g/mol. The maximum absolute atomic E-state index is 11.3. The van der Waals surface area contributed by atoms with Crippen LogP contribution in [0.3, 0.4) is 0 Å². The van der Waals surface area contributed by atoms with E-state index in [0.717, 1.165) is 0 Å². The minimum atomic E-state index is -0.739. The van der Waals surface area contributed by atoms with E-state index < -0.39 is 5.97 Å². The van der Waals surface area contributed by atoms with Gasteiger partial charge in [0.05, 0.1) is 19.0 Å². The fourth-order valence-corrected chi connectivity index (χ4v) is 1.75. The Labute approximate surface area is 94.8 Å². The lowest BCUT2D eigenvalue weighted by Gasteiger charge is -2.29. The second kappa shape index (κ2) is 6.13. The number of hydrogen-bond acceptors (Lipinski definition) is 3. The summed E-state index contributed by atoms with van der Waals surface area (Å²) >= 11 is 0. The van der Waals surface area contributed by atoms with Gasteiger partial charge in [0.15, 0.2) is 0 Å². The van der Waals surface area contributed by atoms with Gasteiger partial charge in [-0.1, -0.05) is 5.92 Å². The predicted molar refractivity (Wildman–Crippen MR) is 58.6 cm³/mol. The largest absolute Gasteiger partial charge is 0.481 e. The van der Waals surface area contributed by atoms with Crippen LogP contribution in [0.25, 0.3) is 0 Å². The van der Waals surface area contributed by atoms with Crippen LogP contribution < -0.4 is 5.32 Å². The van der Waals surface area contributed by atoms with Crippen molar-refractivity contribution in [2.75, 3.05) is 26.2 Å². The topological polar surface area (TPSA) is 69.6 Å². The zero-order valence-electron chi connectivity index (χ0n) is 9.11. The molecule has 88 valence electrons. The molecule has 5 heteroatoms. The molecule has 0 atom stereocenters. The first-order valence-corrected chi connectivity index (χ1v) is 5.29. The highest BCUT2D eigenvalue weighted by atomic mass is 16.4. The molecule has 1 rings (SSSR count). The number of rotatable bonds is 4. The number of terminal acetylenes is 1. The lowest BCUT2D eigenvalue weighted by Crippen LogP contribution is -2.42. The quantitative estimate of drug-likeness (QED) is 0.634. The number of amides is 1. The summed E-state index contributed by atoms with van der Waals surface area (Å²) in [7, 11) is 0. The molecule has 5 nitrogen and oxygen atoms in total. The van der Waals surface area contributed by atoms with E-state index in [4.69, 9.17) is 11.5 Å². The maximum Gasteiger partial charge on any atom is 0.306 e. The monoisotopic (exact) mass is 224 g/mol. The van der Waals surface area contributed by atoms with Crippen LogP contribution in [0.4, 0.5) is 0 Å². The van der Waals surface area contributed by atoms with Gasteiger partial charge < -0.3 is 10.4 Å². The van der Waals surface area contributed by atoms with Gasteiger partial charge in [-0.3, -0.25) is 14.5 Å². The summed E-state index contributed by atoms with van der Waals surface area (Å²) < 4.78 is 0. The first kappa shape index (κ1) is 12.5. The first-order chi connectivity index (χ1) is 7.63. The summed E-state index contributed by atoms with van der Waals surface area (Å²) in [6.45, 7) is 1.85. The molecule has 1 amide bonds. The van der Waals surface area contributed by atoms with Crippen molar-refractivity contribution in [3.05, 3.63) is 0 Å². The minimum Gasteiger partial charge on any atom is -0.481 e. The molecule has 16 heavy (non-hydrogen) atoms. The molecule has 0 spiro atoms. The van der Waals surface area contributed by atoms with Crippen LogP contribution in [-0.4, -0.2) is 48.1 Å². The third-order valence-corrected chi connectivity index (χ3v) is 2.69. The molecule has 0 aromatic rings. The SMILES string of the molecule is C#CCNC(=O)CN1CCC(C(=O)O)CC1. The van der Waals surface area contributed by atoms with Crippen molar-refractivity contribution in [1.82, 2.24) is 10.2 Å². The number of nitrogens with one attached hydrogen (secondary N) is 1. The molecule has 0 radical (unpaired) electrons. The molecule has 0 bridgehead atoms. The van der Waals surface area contributed by atoms with E-state index >= 15 is 0 Å². The molecule has 0 saturated carbocycles. The third-order valence-electron chi connectivity index (χ3n) is 2.69. The Morgan fingerprint density at radius 3 is 2.56 bits per heavy atom. The molecule has 0 aliphatic carbocycles. The fourth-order valence-electron chi connectivity index (χ4n) is 1.75. The highest BCUT2D eigenvalue weighted by Gasteiger charge is 2.25. The Hall–Kier alpha value is -1.54. The third kappa shape index (κ3) is 3.91. The normalized spacial score (nSPS) is 17.7. The molecule has 0 unspecified atom stereocenters. The molecule has 1 fully saturated rings. The molecule has 1 saturated heterocycles. The van der Waals surface area contributed by atoms with Gasteiger partial charge in [-0.05, 0) is 25.9 Å². The number of carboxylic acid groups (broad SMARTS) is 1. The smallest absolute Gasteiger partial charge is 0.306 e. The van der Waals surface area contributed by atoms with Gasteiger partial charge in [0, 0.05) is 0 Å². The second-order valence-electron chi connectivity index (χ2n) is 3.87. The Bertz CT molecular complexity index is 301. The molecular formula is C11H16N2O3. The fraction of sp³-hybridized carbons (Fsp3) is 0.636. The van der Waals surface area contributed by atoms with Gasteiger partial charge in [-0.15, -0.1) is 6.42 Å². The molecule has 0 aromatic carbocycles. The minimum absolute atomic E-state index is 0.105. The number of aliphatic carboxylic acids is 1. The number of carbonyl (C=O) groups excluding carboxylic acids is 1. The average molecular weight is 224 g/mol. The van der Waals surface area contributed by atoms with Crippen LogP contribution in [0.1, 0.15) is 12.8 Å². The van der Waals surface area contributed by atoms with E-state index in [0.29, 0.717) is 32.5 Å². The van der Waals surface area contributed by atoms with Crippen LogP contribution in [0.2, 0.25) is 0 Å². The molecule has 2 N–H and O–H groups in total. The highest BCUT2D eigenvalue weighted by molar-refractivity contribution is 5.78. The van der Waals surface area contributed by atoms with E-state index in [9.17, 15) is 9.59 Å². The lowest BCUT2D eigenvalue weighted by molar-refractivity contribution is -0.143. The lowest BCUT2D eigenvalue weighted by atomic mass is 9.97. The van der Waals surface area contributed by atoms with E-state index in [1.54, 1.807) is 0 Å². The van der Waals surface area contributed by atoms with Crippen LogP contribution in [0.5, 0.6) is 0 Å². The van der Waals surface area contributed by atoms with E-state index in [1.807, 2.05) is 4.90 Å². The zero-order chi connectivity index (χ0) is 12.0. The molecule has 1 aliphatic rings. The highest BCUT2D eigenvalue weighted by Crippen LogP contribution is 2.16. The van der Waals surface area contributed by atoms with Gasteiger partial charge in [-0.2, -0.15) is 0 Å². The van der Waals surface area contributed by atoms with Gasteiger partial charge in [-0.25, -0.2) is 0 Å². The number of likely N-dealkylation sites (tertiary alicyclic amines) is 1. The summed E-state index contributed by atoms with van der Waals surface area (Å²) in [5.74, 6) is 1.23. The predicted octanol–water partition coefficient (Wildman–Crippen LogP) is -0.468. The van der Waals surface area contributed by atoms with Crippen LogP contribution in [-0.2, 0) is 9.59 Å². The van der Waals surface area contributed by atoms with Crippen LogP contribution in [0, 0.1) is 18.3 Å². The van der Waals surface area contributed by atoms with Gasteiger partial charge in [0.1, 0.15) is 0 Å². The van der Waals surface area contributed by atoms with E-state index in [1.165, 1.54) is 0 Å². The number of carboxylic acids is 1. The summed E-state index contributed by atoms with van der Waals surface area (Å²) in [5.41, 5.74) is 0. The van der Waals surface area contributed by atoms with Crippen LogP contribution >= 0.6 is 0 Å². The Kier molecular flexibility index (Phi) is 4.80. The average Bonchev–Trinajstić information content (AvgIpc) is 2.27. The van der Waals surface area contributed by atoms with Gasteiger partial charge in [0.2, 0.25) is 5.91 Å². The van der Waals surface area contributed by atoms with Crippen molar-refractivity contribution < 1.29 is 14.7 Å². The van der Waals surface area contributed by atoms with Crippen molar-refractivity contribution >= 4 is 11.9 Å². The standard InChI is InChI=1S/C11H16N2O3/c1-2-5-12-10(14)8-13-6-3-9(4-7-13)11(15)16/h1,9H,3-8H2,(H,12,14)(H,15,16). The number of nitrogens with zero attached hydrogens (tertiary/aromatic N) is 1. The summed E-state index contributed by atoms with van der Waals surface area (Å²) in [6, 6.07) is 0. The summed E-state index contributed by atoms with van der Waals surface area (Å²) in [5, 5.41) is 11.4. The molecule has 1 heterocycles. The van der Waals surface area contributed by atoms with Crippen molar-refractivity contribution in [2.24, 2.45) is 5.92 Å². The van der Waals surface area contributed by atoms with Gasteiger partial charge >= 0.3 is 5.97 Å². The number of carbonyl (C=O) groups is 2. The first-order valence-electron chi connectivity index (χ1n) is 5.29. The van der Waals surface area contributed by atoms with E-state index in [2.05, 4.69) is 11.2 Å². The van der Waals surface area contributed by atoms with Crippen molar-refractivity contribution in [3.8, 4) is 12.3 Å². The second-order valence-corrected chi connectivity index (χ2v) is 3.87. The Morgan fingerprint density at radius 1 is 1.44 bits per heavy atom. The summed E-state index contributed by atoms with van der Waals surface area (Å²) in [6.07, 6.45) is 6.24. The number of piperidine rings is 1. The Morgan fingerprint density at radius 2 is 2.06 bits per heavy atom. The van der Waals surface area contributed by atoms with Crippen molar-refractivity contribution in [3.63, 3.8) is 0 Å². The van der Waals surface area contributed by atoms with E-state index in [-0.39, 0.29) is 18.4 Å². The Balaban J connectivity index is 2.24. The van der Waals surface area contributed by atoms with Crippen molar-refractivity contribution in [1.29, 1.82) is 0 Å². The summed E-state index contributed by atoms with van der Waals surface area (Å²) in [4.78, 5) is 24.0. The van der Waals surface area contributed by atoms with Crippen molar-refractivity contribution in [2.45, 2.75) is 12.8 Å². The molecule has 1 aliphatic heterocycles. The van der Waals surface area contributed by atoms with Crippen LogP contribution in [0.15, 0.2) is 0 Å². The van der Waals surface area contributed by atoms with Gasteiger partial charge in [0.25, 0.3) is 0 Å².